The van der Waals surface area contributed by atoms with Gasteiger partial charge in [-0.05, 0) is 32.1 Å². The lowest BCUT2D eigenvalue weighted by atomic mass is 10.1. The molecule has 1 saturated carbocycles. The molecule has 0 spiro atoms. The molecule has 3 atom stereocenters. The highest BCUT2D eigenvalue weighted by Gasteiger charge is 2.40. The smallest absolute Gasteiger partial charge is 0.0899 e. The largest absolute Gasteiger partial charge is 0.392 e. The lowest BCUT2D eigenvalue weighted by Gasteiger charge is -2.31. The zero-order valence-electron chi connectivity index (χ0n) is 7.49. The molecule has 2 nitrogen and oxygen atoms in total. The zero-order chi connectivity index (χ0) is 8.72. The number of piperidine rings is 1. The third kappa shape index (κ3) is 1.25. The molecule has 2 rings (SSSR count). The van der Waals surface area contributed by atoms with E-state index in [1.54, 1.807) is 0 Å². The van der Waals surface area contributed by atoms with Crippen LogP contribution in [0.1, 0.15) is 26.2 Å². The van der Waals surface area contributed by atoms with Crippen LogP contribution in [0, 0.1) is 5.92 Å². The predicted octanol–water partition coefficient (Wildman–Crippen LogP) is 1.15. The van der Waals surface area contributed by atoms with Crippen molar-refractivity contribution in [2.45, 2.75) is 38.3 Å². The van der Waals surface area contributed by atoms with Gasteiger partial charge in [0, 0.05) is 12.6 Å². The second kappa shape index (κ2) is 2.96. The van der Waals surface area contributed by atoms with E-state index in [2.05, 4.69) is 11.8 Å². The van der Waals surface area contributed by atoms with Gasteiger partial charge in [-0.15, -0.1) is 0 Å². The Morgan fingerprint density at radius 2 is 2.33 bits per heavy atom. The minimum absolute atomic E-state index is 0.315. The Balaban J connectivity index is 2.02. The quantitative estimate of drug-likeness (QED) is 0.653. The second-order valence-corrected chi connectivity index (χ2v) is 4.58. The molecule has 0 radical (unpaired) electrons. The summed E-state index contributed by atoms with van der Waals surface area (Å²) >= 11 is 5.01. The van der Waals surface area contributed by atoms with Crippen molar-refractivity contribution in [3.8, 4) is 0 Å². The van der Waals surface area contributed by atoms with Gasteiger partial charge in [-0.2, -0.15) is 0 Å². The maximum absolute atomic E-state index is 5.64. The van der Waals surface area contributed by atoms with Crippen LogP contribution in [0.15, 0.2) is 0 Å². The Bertz CT molecular complexity index is 205. The fourth-order valence-corrected chi connectivity index (χ4v) is 2.74. The number of nitrogens with two attached hydrogens (primary N) is 1. The first-order chi connectivity index (χ1) is 5.68. The maximum atomic E-state index is 5.64. The van der Waals surface area contributed by atoms with Crippen LogP contribution < -0.4 is 5.73 Å². The molecule has 2 N–H and O–H groups in total. The van der Waals surface area contributed by atoms with Crippen molar-refractivity contribution in [2.75, 3.05) is 6.54 Å². The monoisotopic (exact) mass is 184 g/mol. The van der Waals surface area contributed by atoms with E-state index in [9.17, 15) is 0 Å². The summed E-state index contributed by atoms with van der Waals surface area (Å²) in [6.07, 6.45) is 4.16. The number of thiocarbonyl (C=S) groups is 1. The lowest BCUT2D eigenvalue weighted by Crippen LogP contribution is -2.45. The van der Waals surface area contributed by atoms with Crippen LogP contribution in [0.25, 0.3) is 0 Å². The molecule has 68 valence electrons. The molecule has 0 aromatic carbocycles. The Morgan fingerprint density at radius 3 is 2.75 bits per heavy atom. The summed E-state index contributed by atoms with van der Waals surface area (Å²) in [5, 5.41) is 0. The third-order valence-electron chi connectivity index (χ3n) is 3.36. The summed E-state index contributed by atoms with van der Waals surface area (Å²) in [7, 11) is 0. The summed E-state index contributed by atoms with van der Waals surface area (Å²) in [5.41, 5.74) is 5.64. The fourth-order valence-electron chi connectivity index (χ4n) is 2.60. The van der Waals surface area contributed by atoms with Gasteiger partial charge in [0.05, 0.1) is 11.0 Å². The first-order valence-electron chi connectivity index (χ1n) is 4.73. The second-order valence-electron chi connectivity index (χ2n) is 4.11. The molecular weight excluding hydrogens is 168 g/mol. The van der Waals surface area contributed by atoms with Gasteiger partial charge < -0.3 is 5.73 Å². The molecule has 1 heterocycles. The number of hydrogen-bond acceptors (Lipinski definition) is 2. The Hall–Kier alpha value is -0.150. The highest BCUT2D eigenvalue weighted by Crippen LogP contribution is 2.38. The molecule has 2 bridgehead atoms. The maximum Gasteiger partial charge on any atom is 0.0899 e. The number of rotatable bonds is 2. The number of nitrogens with zero attached hydrogens (tertiary/aromatic N) is 1. The summed E-state index contributed by atoms with van der Waals surface area (Å²) in [6, 6.07) is 1.10. The van der Waals surface area contributed by atoms with Crippen LogP contribution in [-0.4, -0.2) is 28.5 Å². The fraction of sp³-hybridized carbons (Fsp3) is 0.889. The van der Waals surface area contributed by atoms with E-state index in [1.165, 1.54) is 25.8 Å². The SMILES string of the molecule is CC(C(N)=S)N1CC2CCC1C2. The van der Waals surface area contributed by atoms with Crippen LogP contribution in [0.3, 0.4) is 0 Å². The zero-order valence-corrected chi connectivity index (χ0v) is 8.31. The molecule has 12 heavy (non-hydrogen) atoms. The molecule has 1 aliphatic carbocycles. The average Bonchev–Trinajstić information content (AvgIpc) is 2.62. The molecule has 0 aromatic rings. The van der Waals surface area contributed by atoms with Crippen molar-refractivity contribution in [1.82, 2.24) is 4.90 Å². The number of likely N-dealkylation sites (tertiary alicyclic amines) is 1. The highest BCUT2D eigenvalue weighted by molar-refractivity contribution is 7.80. The van der Waals surface area contributed by atoms with Gasteiger partial charge in [0.1, 0.15) is 0 Å². The molecular formula is C9H16N2S. The van der Waals surface area contributed by atoms with E-state index < -0.39 is 0 Å². The van der Waals surface area contributed by atoms with E-state index in [1.807, 2.05) is 0 Å². The van der Waals surface area contributed by atoms with Crippen molar-refractivity contribution < 1.29 is 0 Å². The first-order valence-corrected chi connectivity index (χ1v) is 5.14. The highest BCUT2D eigenvalue weighted by atomic mass is 32.1. The van der Waals surface area contributed by atoms with E-state index in [-0.39, 0.29) is 0 Å². The van der Waals surface area contributed by atoms with E-state index in [4.69, 9.17) is 18.0 Å². The predicted molar refractivity (Wildman–Crippen MR) is 54.1 cm³/mol. The van der Waals surface area contributed by atoms with E-state index >= 15 is 0 Å². The van der Waals surface area contributed by atoms with Crippen molar-refractivity contribution >= 4 is 17.2 Å². The van der Waals surface area contributed by atoms with Crippen LogP contribution in [0.2, 0.25) is 0 Å². The normalized spacial score (nSPS) is 37.1. The van der Waals surface area contributed by atoms with Crippen molar-refractivity contribution in [1.29, 1.82) is 0 Å². The molecule has 0 aromatic heterocycles. The summed E-state index contributed by atoms with van der Waals surface area (Å²) < 4.78 is 0. The van der Waals surface area contributed by atoms with Crippen LogP contribution in [0.4, 0.5) is 0 Å². The third-order valence-corrected chi connectivity index (χ3v) is 3.70. The van der Waals surface area contributed by atoms with Crippen molar-refractivity contribution in [2.24, 2.45) is 11.7 Å². The molecule has 1 saturated heterocycles. The summed E-state index contributed by atoms with van der Waals surface area (Å²) in [4.78, 5) is 3.14. The number of fused-ring (bicyclic) bond motifs is 2. The van der Waals surface area contributed by atoms with Gasteiger partial charge in [0.25, 0.3) is 0 Å². The topological polar surface area (TPSA) is 29.3 Å². The van der Waals surface area contributed by atoms with Gasteiger partial charge in [-0.25, -0.2) is 0 Å². The van der Waals surface area contributed by atoms with Gasteiger partial charge in [-0.3, -0.25) is 4.90 Å². The van der Waals surface area contributed by atoms with Crippen molar-refractivity contribution in [3.05, 3.63) is 0 Å². The van der Waals surface area contributed by atoms with Gasteiger partial charge in [0.15, 0.2) is 0 Å². The lowest BCUT2D eigenvalue weighted by molar-refractivity contribution is 0.196. The standard InChI is InChI=1S/C9H16N2S/c1-6(9(10)12)11-5-7-2-3-8(11)4-7/h6-8H,2-5H2,1H3,(H2,10,12). The van der Waals surface area contributed by atoms with Gasteiger partial charge in [-0.1, -0.05) is 12.2 Å². The Kier molecular flexibility index (Phi) is 2.09. The molecule has 0 amide bonds. The molecule has 1 aliphatic heterocycles. The minimum atomic E-state index is 0.315. The number of hydrogen-bond donors (Lipinski definition) is 1. The molecule has 3 unspecified atom stereocenters. The van der Waals surface area contributed by atoms with E-state index in [0.29, 0.717) is 11.0 Å². The van der Waals surface area contributed by atoms with Crippen LogP contribution in [0.5, 0.6) is 0 Å². The van der Waals surface area contributed by atoms with Crippen molar-refractivity contribution in [3.63, 3.8) is 0 Å². The van der Waals surface area contributed by atoms with E-state index in [0.717, 1.165) is 12.0 Å². The van der Waals surface area contributed by atoms with Crippen LogP contribution >= 0.6 is 12.2 Å². The summed E-state index contributed by atoms with van der Waals surface area (Å²) in [6.45, 7) is 3.35. The average molecular weight is 184 g/mol. The van der Waals surface area contributed by atoms with Crippen LogP contribution in [-0.2, 0) is 0 Å². The Labute approximate surface area is 79.1 Å². The molecule has 3 heteroatoms. The summed E-state index contributed by atoms with van der Waals surface area (Å²) in [5.74, 6) is 0.937. The molecule has 2 fully saturated rings. The Morgan fingerprint density at radius 1 is 1.58 bits per heavy atom. The molecule has 2 aliphatic rings. The minimum Gasteiger partial charge on any atom is -0.392 e. The first kappa shape index (κ1) is 8.45. The van der Waals surface area contributed by atoms with Gasteiger partial charge in [0.2, 0.25) is 0 Å². The van der Waals surface area contributed by atoms with Gasteiger partial charge >= 0.3 is 0 Å².